The first-order valence-corrected chi connectivity index (χ1v) is 10.5. The second-order valence-corrected chi connectivity index (χ2v) is 8.71. The molecule has 3 heterocycles. The lowest BCUT2D eigenvalue weighted by atomic mass is 10.1. The Labute approximate surface area is 168 Å². The second kappa shape index (κ2) is 9.56. The van der Waals surface area contributed by atoms with Crippen molar-refractivity contribution in [3.63, 3.8) is 0 Å². The average Bonchev–Trinajstić information content (AvgIpc) is 3.06. The minimum absolute atomic E-state index is 0.162. The molecule has 0 spiro atoms. The van der Waals surface area contributed by atoms with Crippen LogP contribution >= 0.6 is 0 Å². The monoisotopic (exact) mass is 389 g/mol. The van der Waals surface area contributed by atoms with Crippen LogP contribution < -0.4 is 15.5 Å². The predicted molar refractivity (Wildman–Crippen MR) is 113 cm³/mol. The van der Waals surface area contributed by atoms with Gasteiger partial charge in [-0.2, -0.15) is 0 Å². The lowest BCUT2D eigenvalue weighted by Gasteiger charge is -2.36. The summed E-state index contributed by atoms with van der Waals surface area (Å²) in [7, 11) is 0. The van der Waals surface area contributed by atoms with Gasteiger partial charge in [0.15, 0.2) is 0 Å². The fourth-order valence-corrected chi connectivity index (χ4v) is 4.19. The number of likely N-dealkylation sites (tertiary alicyclic amines) is 1. The maximum atomic E-state index is 12.2. The van der Waals surface area contributed by atoms with Crippen molar-refractivity contribution in [1.82, 2.24) is 15.2 Å². The van der Waals surface area contributed by atoms with E-state index >= 15 is 0 Å². The highest BCUT2D eigenvalue weighted by molar-refractivity contribution is 5.89. The zero-order valence-corrected chi connectivity index (χ0v) is 17.6. The molecule has 3 atom stereocenters. The molecule has 28 heavy (non-hydrogen) atoms. The minimum Gasteiger partial charge on any atom is -0.372 e. The zero-order chi connectivity index (χ0) is 20.1. The lowest BCUT2D eigenvalue weighted by molar-refractivity contribution is -0.00545. The molecule has 2 fully saturated rings. The molecule has 0 radical (unpaired) electrons. The molecule has 7 nitrogen and oxygen atoms in total. The van der Waals surface area contributed by atoms with Crippen molar-refractivity contribution in [1.29, 1.82) is 0 Å². The normalized spacial score (nSPS) is 25.9. The maximum absolute atomic E-state index is 12.2. The molecule has 0 aromatic carbocycles. The van der Waals surface area contributed by atoms with Gasteiger partial charge >= 0.3 is 6.03 Å². The first-order valence-electron chi connectivity index (χ1n) is 10.5. The quantitative estimate of drug-likeness (QED) is 0.783. The third kappa shape index (κ3) is 6.07. The molecular weight excluding hydrogens is 354 g/mol. The number of morpholine rings is 1. The number of carbonyl (C=O) groups excluding carboxylic acids is 1. The van der Waals surface area contributed by atoms with E-state index in [0.29, 0.717) is 17.5 Å². The van der Waals surface area contributed by atoms with Crippen LogP contribution in [0, 0.1) is 11.8 Å². The third-order valence-electron chi connectivity index (χ3n) is 5.29. The van der Waals surface area contributed by atoms with Gasteiger partial charge in [0, 0.05) is 32.7 Å². The average molecular weight is 390 g/mol. The van der Waals surface area contributed by atoms with Crippen LogP contribution in [0.3, 0.4) is 0 Å². The molecule has 2 N–H and O–H groups in total. The highest BCUT2D eigenvalue weighted by Gasteiger charge is 2.24. The van der Waals surface area contributed by atoms with Crippen LogP contribution in [0.4, 0.5) is 16.3 Å². The fourth-order valence-electron chi connectivity index (χ4n) is 4.19. The summed E-state index contributed by atoms with van der Waals surface area (Å²) in [5, 5.41) is 5.89. The SMILES string of the molecule is CC(C)CN1CC[C@H](CNC(=O)Nc2ccc(N3C[C@H](C)O[C@@H](C)C3)nc2)C1. The number of pyridine rings is 1. The predicted octanol–water partition coefficient (Wildman–Crippen LogP) is 2.79. The molecule has 0 saturated carbocycles. The van der Waals surface area contributed by atoms with Crippen LogP contribution in [0.1, 0.15) is 34.1 Å². The summed E-state index contributed by atoms with van der Waals surface area (Å²) in [5.74, 6) is 2.15. The lowest BCUT2D eigenvalue weighted by Crippen LogP contribution is -2.45. The van der Waals surface area contributed by atoms with E-state index in [-0.39, 0.29) is 18.2 Å². The van der Waals surface area contributed by atoms with Crippen molar-refractivity contribution in [3.05, 3.63) is 18.3 Å². The number of amides is 2. The van der Waals surface area contributed by atoms with Gasteiger partial charge in [0.25, 0.3) is 0 Å². The van der Waals surface area contributed by atoms with Crippen LogP contribution in [-0.2, 0) is 4.74 Å². The van der Waals surface area contributed by atoms with E-state index < -0.39 is 0 Å². The smallest absolute Gasteiger partial charge is 0.319 e. The van der Waals surface area contributed by atoms with E-state index in [1.54, 1.807) is 6.20 Å². The van der Waals surface area contributed by atoms with Gasteiger partial charge in [0.1, 0.15) is 5.82 Å². The fraction of sp³-hybridized carbons (Fsp3) is 0.714. The molecule has 2 amide bonds. The highest BCUT2D eigenvalue weighted by Crippen LogP contribution is 2.20. The van der Waals surface area contributed by atoms with Crippen molar-refractivity contribution in [2.24, 2.45) is 11.8 Å². The standard InChI is InChI=1S/C21H35N5O2/c1-15(2)11-25-8-7-18(14-25)9-23-21(27)24-19-5-6-20(22-10-19)26-12-16(3)28-17(4)13-26/h5-6,10,15-18H,7-9,11-14H2,1-4H3,(H2,23,24,27)/t16-,17-,18+/m0/s1. The Kier molecular flexibility index (Phi) is 7.13. The molecule has 2 aliphatic rings. The zero-order valence-electron chi connectivity index (χ0n) is 17.6. The van der Waals surface area contributed by atoms with E-state index in [1.807, 2.05) is 12.1 Å². The Morgan fingerprint density at radius 3 is 2.64 bits per heavy atom. The molecule has 0 aliphatic carbocycles. The molecule has 1 aromatic rings. The van der Waals surface area contributed by atoms with Gasteiger partial charge in [-0.05, 0) is 50.8 Å². The van der Waals surface area contributed by atoms with Gasteiger partial charge in [-0.1, -0.05) is 13.8 Å². The van der Waals surface area contributed by atoms with Crippen LogP contribution in [0.25, 0.3) is 0 Å². The third-order valence-corrected chi connectivity index (χ3v) is 5.29. The number of rotatable bonds is 6. The summed E-state index contributed by atoms with van der Waals surface area (Å²) in [6, 6.07) is 3.71. The van der Waals surface area contributed by atoms with Gasteiger partial charge in [0.2, 0.25) is 0 Å². The summed E-state index contributed by atoms with van der Waals surface area (Å²) < 4.78 is 5.77. The van der Waals surface area contributed by atoms with Gasteiger partial charge < -0.3 is 25.2 Å². The van der Waals surface area contributed by atoms with Crippen LogP contribution in [0.5, 0.6) is 0 Å². The summed E-state index contributed by atoms with van der Waals surface area (Å²) in [4.78, 5) is 21.4. The number of anilines is 2. The number of hydrogen-bond donors (Lipinski definition) is 2. The molecule has 7 heteroatoms. The molecule has 2 saturated heterocycles. The maximum Gasteiger partial charge on any atom is 0.319 e. The summed E-state index contributed by atoms with van der Waals surface area (Å²) in [6.07, 6.45) is 3.27. The molecule has 1 aromatic heterocycles. The van der Waals surface area contributed by atoms with Gasteiger partial charge in [-0.25, -0.2) is 9.78 Å². The summed E-state index contributed by atoms with van der Waals surface area (Å²) in [5.41, 5.74) is 0.712. The number of nitrogens with one attached hydrogen (secondary N) is 2. The van der Waals surface area contributed by atoms with Crippen molar-refractivity contribution < 1.29 is 9.53 Å². The number of hydrogen-bond acceptors (Lipinski definition) is 5. The Bertz CT molecular complexity index is 626. The number of ether oxygens (including phenoxy) is 1. The Hall–Kier alpha value is -1.86. The van der Waals surface area contributed by atoms with Crippen LogP contribution in [0.2, 0.25) is 0 Å². The van der Waals surface area contributed by atoms with E-state index in [2.05, 4.69) is 53.1 Å². The van der Waals surface area contributed by atoms with E-state index in [0.717, 1.165) is 51.5 Å². The van der Waals surface area contributed by atoms with Gasteiger partial charge in [0.05, 0.1) is 24.1 Å². The van der Waals surface area contributed by atoms with Crippen molar-refractivity contribution in [2.75, 3.05) is 49.5 Å². The summed E-state index contributed by atoms with van der Waals surface area (Å²) >= 11 is 0. The number of carbonyl (C=O) groups is 1. The topological polar surface area (TPSA) is 69.7 Å². The number of aromatic nitrogens is 1. The van der Waals surface area contributed by atoms with Crippen LogP contribution in [0.15, 0.2) is 18.3 Å². The van der Waals surface area contributed by atoms with Crippen molar-refractivity contribution in [2.45, 2.75) is 46.3 Å². The first kappa shape index (κ1) is 20.9. The van der Waals surface area contributed by atoms with E-state index in [1.165, 1.54) is 0 Å². The van der Waals surface area contributed by atoms with Crippen molar-refractivity contribution in [3.8, 4) is 0 Å². The Balaban J connectivity index is 1.42. The van der Waals surface area contributed by atoms with Crippen molar-refractivity contribution >= 4 is 17.5 Å². The van der Waals surface area contributed by atoms with Gasteiger partial charge in [-0.15, -0.1) is 0 Å². The molecular formula is C21H35N5O2. The van der Waals surface area contributed by atoms with E-state index in [4.69, 9.17) is 4.74 Å². The minimum atomic E-state index is -0.162. The molecule has 156 valence electrons. The molecule has 3 rings (SSSR count). The molecule has 0 bridgehead atoms. The highest BCUT2D eigenvalue weighted by atomic mass is 16.5. The molecule has 0 unspecified atom stereocenters. The summed E-state index contributed by atoms with van der Waals surface area (Å²) in [6.45, 7) is 14.4. The second-order valence-electron chi connectivity index (χ2n) is 8.71. The largest absolute Gasteiger partial charge is 0.372 e. The van der Waals surface area contributed by atoms with E-state index in [9.17, 15) is 4.79 Å². The number of nitrogens with zero attached hydrogens (tertiary/aromatic N) is 3. The Morgan fingerprint density at radius 2 is 2.00 bits per heavy atom. The number of urea groups is 1. The molecule has 2 aliphatic heterocycles. The Morgan fingerprint density at radius 1 is 1.25 bits per heavy atom. The van der Waals surface area contributed by atoms with Gasteiger partial charge in [-0.3, -0.25) is 0 Å². The van der Waals surface area contributed by atoms with Crippen LogP contribution in [-0.4, -0.2) is 67.4 Å². The first-order chi connectivity index (χ1) is 13.4.